The van der Waals surface area contributed by atoms with Crippen LogP contribution in [0, 0.1) is 21.4 Å². The van der Waals surface area contributed by atoms with Crippen LogP contribution in [-0.2, 0) is 0 Å². The van der Waals surface area contributed by atoms with Gasteiger partial charge in [0, 0.05) is 36.4 Å². The van der Waals surface area contributed by atoms with Gasteiger partial charge in [-0.05, 0) is 45.7 Å². The molecule has 6 nitrogen and oxygen atoms in total. The molecule has 1 aromatic carbocycles. The minimum Gasteiger partial charge on any atom is -0.367 e. The zero-order valence-corrected chi connectivity index (χ0v) is 13.3. The van der Waals surface area contributed by atoms with Crippen molar-refractivity contribution in [2.24, 2.45) is 0 Å². The molecule has 118 valence electrons. The summed E-state index contributed by atoms with van der Waals surface area (Å²) in [7, 11) is 0. The normalized spacial score (nSPS) is 18.5. The Labute approximate surface area is 130 Å². The summed E-state index contributed by atoms with van der Waals surface area (Å²) in [6.45, 7) is 8.25. The Balaban J connectivity index is 2.07. The summed E-state index contributed by atoms with van der Waals surface area (Å²) in [5.41, 5.74) is 0.308. The van der Waals surface area contributed by atoms with Crippen molar-refractivity contribution in [3.63, 3.8) is 0 Å². The lowest BCUT2D eigenvalue weighted by Crippen LogP contribution is -2.53. The molecule has 1 fully saturated rings. The van der Waals surface area contributed by atoms with Crippen molar-refractivity contribution in [3.05, 3.63) is 34.4 Å². The number of nitrogens with zero attached hydrogens (tertiary/aromatic N) is 3. The van der Waals surface area contributed by atoms with Crippen molar-refractivity contribution in [2.45, 2.75) is 44.7 Å². The number of rotatable bonds is 3. The van der Waals surface area contributed by atoms with E-state index in [0.717, 1.165) is 31.6 Å². The Morgan fingerprint density at radius 3 is 2.23 bits per heavy atom. The average Bonchev–Trinajstić information content (AvgIpc) is 2.47. The molecule has 1 aromatic rings. The van der Waals surface area contributed by atoms with Gasteiger partial charge in [0.15, 0.2) is 0 Å². The third-order valence-corrected chi connectivity index (χ3v) is 4.24. The molecule has 1 aliphatic heterocycles. The summed E-state index contributed by atoms with van der Waals surface area (Å²) in [6, 6.07) is 8.64. The van der Waals surface area contributed by atoms with Crippen LogP contribution in [0.15, 0.2) is 24.3 Å². The van der Waals surface area contributed by atoms with Gasteiger partial charge in [0.25, 0.3) is 5.69 Å². The number of hydrogen-bond acceptors (Lipinski definition) is 5. The highest BCUT2D eigenvalue weighted by Crippen LogP contribution is 2.30. The topological polar surface area (TPSA) is 82.2 Å². The van der Waals surface area contributed by atoms with Crippen LogP contribution < -0.4 is 5.32 Å². The Bertz CT molecular complexity index is 576. The molecule has 1 aliphatic rings. The Morgan fingerprint density at radius 2 is 1.82 bits per heavy atom. The van der Waals surface area contributed by atoms with Crippen molar-refractivity contribution in [1.29, 1.82) is 5.26 Å². The minimum absolute atomic E-state index is 0.0547. The molecule has 2 rings (SSSR count). The van der Waals surface area contributed by atoms with E-state index < -0.39 is 10.5 Å². The molecule has 1 N–H and O–H groups in total. The SMILES string of the molecule is CC(C)(C)N1CCC(C#N)(Nc2ccc([N+](=O)[O-])cc2)CC1. The summed E-state index contributed by atoms with van der Waals surface area (Å²) < 4.78 is 0. The van der Waals surface area contributed by atoms with E-state index in [-0.39, 0.29) is 11.2 Å². The molecular weight excluding hydrogens is 280 g/mol. The highest BCUT2D eigenvalue weighted by molar-refractivity contribution is 5.51. The lowest BCUT2D eigenvalue weighted by molar-refractivity contribution is -0.384. The Morgan fingerprint density at radius 1 is 1.27 bits per heavy atom. The van der Waals surface area contributed by atoms with Gasteiger partial charge in [-0.1, -0.05) is 0 Å². The number of nitriles is 1. The van der Waals surface area contributed by atoms with E-state index in [1.165, 1.54) is 12.1 Å². The largest absolute Gasteiger partial charge is 0.367 e. The van der Waals surface area contributed by atoms with Crippen molar-refractivity contribution >= 4 is 11.4 Å². The van der Waals surface area contributed by atoms with Crippen LogP contribution >= 0.6 is 0 Å². The first kappa shape index (κ1) is 16.2. The molecule has 6 heteroatoms. The maximum atomic E-state index is 10.7. The van der Waals surface area contributed by atoms with E-state index in [4.69, 9.17) is 0 Å². The molecule has 22 heavy (non-hydrogen) atoms. The third-order valence-electron chi connectivity index (χ3n) is 4.24. The van der Waals surface area contributed by atoms with Crippen LogP contribution in [0.5, 0.6) is 0 Å². The molecule has 0 spiro atoms. The molecule has 0 aliphatic carbocycles. The van der Waals surface area contributed by atoms with E-state index in [9.17, 15) is 15.4 Å². The Hall–Kier alpha value is -2.13. The summed E-state index contributed by atoms with van der Waals surface area (Å²) in [4.78, 5) is 12.6. The fourth-order valence-electron chi connectivity index (χ4n) is 2.77. The number of likely N-dealkylation sites (tertiary alicyclic amines) is 1. The molecule has 0 atom stereocenters. The first-order valence-electron chi connectivity index (χ1n) is 7.45. The summed E-state index contributed by atoms with van der Waals surface area (Å²) >= 11 is 0. The van der Waals surface area contributed by atoms with Gasteiger partial charge >= 0.3 is 0 Å². The van der Waals surface area contributed by atoms with Crippen LogP contribution in [0.4, 0.5) is 11.4 Å². The smallest absolute Gasteiger partial charge is 0.269 e. The van der Waals surface area contributed by atoms with E-state index in [1.807, 2.05) is 0 Å². The summed E-state index contributed by atoms with van der Waals surface area (Å²) in [6.07, 6.45) is 1.47. The number of nitrogens with one attached hydrogen (secondary N) is 1. The number of piperidine rings is 1. The molecular formula is C16H22N4O2. The molecule has 0 bridgehead atoms. The van der Waals surface area contributed by atoms with Gasteiger partial charge in [-0.2, -0.15) is 5.26 Å². The highest BCUT2D eigenvalue weighted by atomic mass is 16.6. The van der Waals surface area contributed by atoms with Gasteiger partial charge in [-0.25, -0.2) is 0 Å². The monoisotopic (exact) mass is 302 g/mol. The van der Waals surface area contributed by atoms with Gasteiger partial charge in [0.05, 0.1) is 11.0 Å². The van der Waals surface area contributed by atoms with E-state index in [1.54, 1.807) is 12.1 Å². The second-order valence-electron chi connectivity index (χ2n) is 6.78. The predicted octanol–water partition coefficient (Wildman–Crippen LogP) is 3.16. The lowest BCUT2D eigenvalue weighted by atomic mass is 9.86. The lowest BCUT2D eigenvalue weighted by Gasteiger charge is -2.44. The maximum Gasteiger partial charge on any atom is 0.269 e. The first-order chi connectivity index (χ1) is 10.3. The van der Waals surface area contributed by atoms with Crippen LogP contribution in [0.2, 0.25) is 0 Å². The van der Waals surface area contributed by atoms with Crippen molar-refractivity contribution < 1.29 is 4.92 Å². The Kier molecular flexibility index (Phi) is 4.38. The quantitative estimate of drug-likeness (QED) is 0.685. The molecule has 0 aromatic heterocycles. The fourth-order valence-corrected chi connectivity index (χ4v) is 2.77. The number of benzene rings is 1. The van der Waals surface area contributed by atoms with Crippen molar-refractivity contribution in [2.75, 3.05) is 18.4 Å². The average molecular weight is 302 g/mol. The molecule has 1 saturated heterocycles. The first-order valence-corrected chi connectivity index (χ1v) is 7.45. The maximum absolute atomic E-state index is 10.7. The van der Waals surface area contributed by atoms with E-state index in [2.05, 4.69) is 37.1 Å². The fraction of sp³-hybridized carbons (Fsp3) is 0.562. The van der Waals surface area contributed by atoms with Crippen molar-refractivity contribution in [1.82, 2.24) is 4.90 Å². The second-order valence-corrected chi connectivity index (χ2v) is 6.78. The van der Waals surface area contributed by atoms with Crippen LogP contribution in [0.1, 0.15) is 33.6 Å². The molecule has 0 saturated carbocycles. The van der Waals surface area contributed by atoms with Gasteiger partial charge < -0.3 is 5.32 Å². The molecule has 0 radical (unpaired) electrons. The summed E-state index contributed by atoms with van der Waals surface area (Å²) in [5.74, 6) is 0. The van der Waals surface area contributed by atoms with Crippen LogP contribution in [0.25, 0.3) is 0 Å². The van der Waals surface area contributed by atoms with Crippen LogP contribution in [-0.4, -0.2) is 34.0 Å². The highest BCUT2D eigenvalue weighted by Gasteiger charge is 2.37. The third kappa shape index (κ3) is 3.55. The molecule has 0 amide bonds. The van der Waals surface area contributed by atoms with Gasteiger partial charge in [-0.15, -0.1) is 0 Å². The van der Waals surface area contributed by atoms with Gasteiger partial charge in [-0.3, -0.25) is 15.0 Å². The number of nitro groups is 1. The van der Waals surface area contributed by atoms with Crippen LogP contribution in [0.3, 0.4) is 0 Å². The summed E-state index contributed by atoms with van der Waals surface area (Å²) in [5, 5.41) is 23.5. The zero-order valence-electron chi connectivity index (χ0n) is 13.3. The molecule has 1 heterocycles. The van der Waals surface area contributed by atoms with E-state index >= 15 is 0 Å². The van der Waals surface area contributed by atoms with Crippen molar-refractivity contribution in [3.8, 4) is 6.07 Å². The second kappa shape index (κ2) is 5.93. The van der Waals surface area contributed by atoms with E-state index in [0.29, 0.717) is 0 Å². The number of hydrogen-bond donors (Lipinski definition) is 1. The number of nitro benzene ring substituents is 1. The number of anilines is 1. The van der Waals surface area contributed by atoms with Gasteiger partial charge in [0.1, 0.15) is 5.54 Å². The predicted molar refractivity (Wildman–Crippen MR) is 85.6 cm³/mol. The van der Waals surface area contributed by atoms with Gasteiger partial charge in [0.2, 0.25) is 0 Å². The number of non-ortho nitro benzene ring substituents is 1. The standard InChI is InChI=1S/C16H22N4O2/c1-15(2,3)19-10-8-16(12-17,9-11-19)18-13-4-6-14(7-5-13)20(21)22/h4-7,18H,8-11H2,1-3H3. The minimum atomic E-state index is -0.599. The molecule has 0 unspecified atom stereocenters. The zero-order chi connectivity index (χ0) is 16.4.